The van der Waals surface area contributed by atoms with E-state index in [1.165, 1.54) is 0 Å². The van der Waals surface area contributed by atoms with E-state index in [4.69, 9.17) is 0 Å². The molecule has 0 saturated heterocycles. The normalized spacial score (nSPS) is 18.4. The molecule has 0 amide bonds. The van der Waals surface area contributed by atoms with Crippen LogP contribution in [0.4, 0.5) is 5.82 Å². The molecule has 1 aromatic rings. The monoisotopic (exact) mass is 178 g/mol. The number of pyridine rings is 1. The first-order valence-corrected chi connectivity index (χ1v) is 4.48. The predicted octanol–water partition coefficient (Wildman–Crippen LogP) is 1.13. The third kappa shape index (κ3) is 1.52. The summed E-state index contributed by atoms with van der Waals surface area (Å²) >= 11 is 0. The number of aliphatic hydroxyl groups is 1. The van der Waals surface area contributed by atoms with Gasteiger partial charge in [0.1, 0.15) is 5.82 Å². The molecule has 1 saturated carbocycles. The molecular weight excluding hydrogens is 164 g/mol. The number of nitrogens with zero attached hydrogens (tertiary/aromatic N) is 2. The first-order valence-electron chi connectivity index (χ1n) is 4.48. The Kier molecular flexibility index (Phi) is 1.77. The van der Waals surface area contributed by atoms with E-state index in [0.717, 1.165) is 24.2 Å². The van der Waals surface area contributed by atoms with Crippen molar-refractivity contribution in [3.8, 4) is 0 Å². The Balaban J connectivity index is 2.24. The van der Waals surface area contributed by atoms with Gasteiger partial charge in [0.05, 0.1) is 5.60 Å². The Labute approximate surface area is 78.0 Å². The Hall–Kier alpha value is -1.09. The minimum absolute atomic E-state index is 0.558. The van der Waals surface area contributed by atoms with Crippen molar-refractivity contribution in [2.45, 2.75) is 18.4 Å². The zero-order chi connectivity index (χ0) is 9.47. The van der Waals surface area contributed by atoms with Crippen molar-refractivity contribution in [2.24, 2.45) is 0 Å². The van der Waals surface area contributed by atoms with Gasteiger partial charge in [0.25, 0.3) is 0 Å². The van der Waals surface area contributed by atoms with Crippen molar-refractivity contribution >= 4 is 5.82 Å². The maximum absolute atomic E-state index is 9.78. The lowest BCUT2D eigenvalue weighted by molar-refractivity contribution is 0.151. The molecule has 0 aromatic carbocycles. The quantitative estimate of drug-likeness (QED) is 0.737. The van der Waals surface area contributed by atoms with E-state index < -0.39 is 5.60 Å². The molecule has 0 spiro atoms. The Morgan fingerprint density at radius 3 is 2.46 bits per heavy atom. The predicted molar refractivity (Wildman–Crippen MR) is 51.7 cm³/mol. The molecule has 1 aliphatic carbocycles. The number of hydrogen-bond acceptors (Lipinski definition) is 3. The van der Waals surface area contributed by atoms with Crippen molar-refractivity contribution in [1.82, 2.24) is 4.98 Å². The minimum atomic E-state index is -0.558. The van der Waals surface area contributed by atoms with E-state index in [1.807, 2.05) is 31.1 Å². The Morgan fingerprint density at radius 2 is 2.08 bits per heavy atom. The molecule has 3 nitrogen and oxygen atoms in total. The van der Waals surface area contributed by atoms with Crippen LogP contribution in [0.25, 0.3) is 0 Å². The topological polar surface area (TPSA) is 36.4 Å². The summed E-state index contributed by atoms with van der Waals surface area (Å²) in [5.74, 6) is 0.924. The molecule has 70 valence electrons. The maximum atomic E-state index is 9.78. The number of aromatic nitrogens is 1. The molecule has 1 N–H and O–H groups in total. The Morgan fingerprint density at radius 1 is 1.38 bits per heavy atom. The molecular formula is C10H14N2O. The first kappa shape index (κ1) is 8.51. The van der Waals surface area contributed by atoms with Gasteiger partial charge in [-0.2, -0.15) is 0 Å². The largest absolute Gasteiger partial charge is 0.385 e. The summed E-state index contributed by atoms with van der Waals surface area (Å²) in [4.78, 5) is 6.20. The molecule has 1 aliphatic rings. The van der Waals surface area contributed by atoms with E-state index >= 15 is 0 Å². The molecule has 1 fully saturated rings. The third-order valence-electron chi connectivity index (χ3n) is 2.47. The van der Waals surface area contributed by atoms with E-state index in [9.17, 15) is 5.11 Å². The van der Waals surface area contributed by atoms with Crippen LogP contribution < -0.4 is 4.90 Å². The molecule has 0 radical (unpaired) electrons. The van der Waals surface area contributed by atoms with Gasteiger partial charge in [-0.15, -0.1) is 0 Å². The standard InChI is InChI=1S/C10H14N2O/c1-12(2)9-4-3-8(7-11-9)10(13)5-6-10/h3-4,7,13H,5-6H2,1-2H3. The average molecular weight is 178 g/mol. The smallest absolute Gasteiger partial charge is 0.127 e. The van der Waals surface area contributed by atoms with Crippen LogP contribution in [-0.2, 0) is 5.60 Å². The molecule has 0 aliphatic heterocycles. The highest BCUT2D eigenvalue weighted by molar-refractivity contribution is 5.39. The summed E-state index contributed by atoms with van der Waals surface area (Å²) in [6.45, 7) is 0. The van der Waals surface area contributed by atoms with Crippen molar-refractivity contribution in [3.63, 3.8) is 0 Å². The van der Waals surface area contributed by atoms with Gasteiger partial charge in [-0.1, -0.05) is 6.07 Å². The van der Waals surface area contributed by atoms with Gasteiger partial charge >= 0.3 is 0 Å². The fourth-order valence-electron chi connectivity index (χ4n) is 1.33. The molecule has 1 aromatic heterocycles. The summed E-state index contributed by atoms with van der Waals surface area (Å²) in [7, 11) is 3.90. The van der Waals surface area contributed by atoms with Gasteiger partial charge in [0, 0.05) is 25.9 Å². The molecule has 0 atom stereocenters. The fourth-order valence-corrected chi connectivity index (χ4v) is 1.33. The lowest BCUT2D eigenvalue weighted by atomic mass is 10.1. The van der Waals surface area contributed by atoms with E-state index in [0.29, 0.717) is 0 Å². The van der Waals surface area contributed by atoms with Crippen LogP contribution in [0.15, 0.2) is 18.3 Å². The van der Waals surface area contributed by atoms with Gasteiger partial charge in [0.15, 0.2) is 0 Å². The molecule has 1 heterocycles. The first-order chi connectivity index (χ1) is 6.12. The SMILES string of the molecule is CN(C)c1ccc(C2(O)CC2)cn1. The summed E-state index contributed by atoms with van der Waals surface area (Å²) in [6, 6.07) is 3.89. The van der Waals surface area contributed by atoms with Crippen LogP contribution in [0.1, 0.15) is 18.4 Å². The van der Waals surface area contributed by atoms with Crippen molar-refractivity contribution in [1.29, 1.82) is 0 Å². The third-order valence-corrected chi connectivity index (χ3v) is 2.47. The van der Waals surface area contributed by atoms with E-state index in [2.05, 4.69) is 4.98 Å². The van der Waals surface area contributed by atoms with Crippen LogP contribution >= 0.6 is 0 Å². The number of hydrogen-bond donors (Lipinski definition) is 1. The van der Waals surface area contributed by atoms with Crippen LogP contribution in [0.5, 0.6) is 0 Å². The maximum Gasteiger partial charge on any atom is 0.127 e. The molecule has 0 unspecified atom stereocenters. The zero-order valence-corrected chi connectivity index (χ0v) is 7.99. The Bertz CT molecular complexity index is 301. The lowest BCUT2D eigenvalue weighted by Gasteiger charge is -2.12. The summed E-state index contributed by atoms with van der Waals surface area (Å²) in [5, 5.41) is 9.78. The number of anilines is 1. The van der Waals surface area contributed by atoms with Crippen LogP contribution in [0.2, 0.25) is 0 Å². The summed E-state index contributed by atoms with van der Waals surface area (Å²) in [5.41, 5.74) is 0.385. The summed E-state index contributed by atoms with van der Waals surface area (Å²) in [6.07, 6.45) is 3.51. The molecule has 13 heavy (non-hydrogen) atoms. The van der Waals surface area contributed by atoms with Gasteiger partial charge in [-0.05, 0) is 18.9 Å². The highest BCUT2D eigenvalue weighted by Crippen LogP contribution is 2.44. The average Bonchev–Trinajstić information content (AvgIpc) is 2.85. The van der Waals surface area contributed by atoms with Gasteiger partial charge in [-0.25, -0.2) is 4.98 Å². The zero-order valence-electron chi connectivity index (χ0n) is 7.99. The van der Waals surface area contributed by atoms with Crippen molar-refractivity contribution < 1.29 is 5.11 Å². The van der Waals surface area contributed by atoms with Gasteiger partial charge in [0.2, 0.25) is 0 Å². The summed E-state index contributed by atoms with van der Waals surface area (Å²) < 4.78 is 0. The molecule has 3 heteroatoms. The van der Waals surface area contributed by atoms with Crippen LogP contribution in [0, 0.1) is 0 Å². The molecule has 0 bridgehead atoms. The highest BCUT2D eigenvalue weighted by atomic mass is 16.3. The number of rotatable bonds is 2. The second-order valence-electron chi connectivity index (χ2n) is 3.83. The lowest BCUT2D eigenvalue weighted by Crippen LogP contribution is -2.12. The van der Waals surface area contributed by atoms with Crippen LogP contribution in [0.3, 0.4) is 0 Å². The van der Waals surface area contributed by atoms with Crippen molar-refractivity contribution in [2.75, 3.05) is 19.0 Å². The second kappa shape index (κ2) is 2.70. The molecule has 2 rings (SSSR count). The van der Waals surface area contributed by atoms with Crippen LogP contribution in [-0.4, -0.2) is 24.2 Å². The van der Waals surface area contributed by atoms with E-state index in [1.54, 1.807) is 6.20 Å². The second-order valence-corrected chi connectivity index (χ2v) is 3.83. The van der Waals surface area contributed by atoms with Gasteiger partial charge < -0.3 is 10.0 Å². The van der Waals surface area contributed by atoms with Crippen molar-refractivity contribution in [3.05, 3.63) is 23.9 Å². The van der Waals surface area contributed by atoms with Gasteiger partial charge in [-0.3, -0.25) is 0 Å². The minimum Gasteiger partial charge on any atom is -0.385 e. The van der Waals surface area contributed by atoms with E-state index in [-0.39, 0.29) is 0 Å². The fraction of sp³-hybridized carbons (Fsp3) is 0.500. The highest BCUT2D eigenvalue weighted by Gasteiger charge is 2.42.